The van der Waals surface area contributed by atoms with E-state index in [0.29, 0.717) is 11.6 Å². The summed E-state index contributed by atoms with van der Waals surface area (Å²) in [6.45, 7) is 0.723. The zero-order chi connectivity index (χ0) is 17.7. The first-order chi connectivity index (χ1) is 12.6. The molecule has 2 amide bonds. The molecule has 6 heteroatoms. The molecule has 5 nitrogen and oxygen atoms in total. The highest BCUT2D eigenvalue weighted by Crippen LogP contribution is 2.61. The zero-order valence-electron chi connectivity index (χ0n) is 15.2. The predicted molar refractivity (Wildman–Crippen MR) is 101 cm³/mol. The number of nitrogens with one attached hydrogen (secondary N) is 1. The van der Waals surface area contributed by atoms with Gasteiger partial charge in [-0.3, -0.25) is 9.59 Å². The molecule has 4 aliphatic carbocycles. The molecule has 1 atom stereocenters. The number of carbonyl (C=O) groups excluding carboxylic acids is 2. The highest BCUT2D eigenvalue weighted by molar-refractivity contribution is 7.13. The van der Waals surface area contributed by atoms with E-state index in [9.17, 15) is 9.59 Å². The van der Waals surface area contributed by atoms with Crippen LogP contribution in [0.1, 0.15) is 57.8 Å². The van der Waals surface area contributed by atoms with Gasteiger partial charge in [-0.1, -0.05) is 0 Å². The van der Waals surface area contributed by atoms with Crippen molar-refractivity contribution < 1.29 is 9.59 Å². The first kappa shape index (κ1) is 16.7. The Morgan fingerprint density at radius 1 is 1.19 bits per heavy atom. The molecule has 0 radical (unpaired) electrons. The van der Waals surface area contributed by atoms with Gasteiger partial charge in [0.25, 0.3) is 0 Å². The molecular weight excluding hydrogens is 346 g/mol. The summed E-state index contributed by atoms with van der Waals surface area (Å²) in [6, 6.07) is -0.319. The van der Waals surface area contributed by atoms with Gasteiger partial charge in [0.2, 0.25) is 11.8 Å². The molecule has 4 bridgehead atoms. The Morgan fingerprint density at radius 2 is 1.88 bits per heavy atom. The van der Waals surface area contributed by atoms with Crippen LogP contribution in [0.4, 0.5) is 5.13 Å². The second-order valence-corrected chi connectivity index (χ2v) is 10.1. The number of hydrogen-bond acceptors (Lipinski definition) is 4. The second-order valence-electron chi connectivity index (χ2n) is 9.17. The molecule has 0 aromatic carbocycles. The van der Waals surface area contributed by atoms with Crippen LogP contribution in [0.25, 0.3) is 0 Å². The minimum atomic E-state index is -0.319. The fraction of sp³-hybridized carbons (Fsp3) is 0.750. The SMILES string of the molecule is O=C(Nc1nccs1)[C@H]1CCCN1C(=O)CC12CC3CC(CC(C3)C1)C2. The van der Waals surface area contributed by atoms with Gasteiger partial charge in [0.05, 0.1) is 0 Å². The van der Waals surface area contributed by atoms with Crippen molar-refractivity contribution in [3.05, 3.63) is 11.6 Å². The number of aromatic nitrogens is 1. The zero-order valence-corrected chi connectivity index (χ0v) is 16.0. The summed E-state index contributed by atoms with van der Waals surface area (Å²) in [4.78, 5) is 31.8. The van der Waals surface area contributed by atoms with Gasteiger partial charge in [-0.05, 0) is 74.5 Å². The second kappa shape index (κ2) is 6.32. The van der Waals surface area contributed by atoms with E-state index in [4.69, 9.17) is 0 Å². The fourth-order valence-electron chi connectivity index (χ4n) is 6.74. The van der Waals surface area contributed by atoms with Crippen LogP contribution in [-0.2, 0) is 9.59 Å². The normalized spacial score (nSPS) is 37.9. The minimum Gasteiger partial charge on any atom is -0.331 e. The molecule has 6 rings (SSSR count). The summed E-state index contributed by atoms with van der Waals surface area (Å²) in [5.41, 5.74) is 0.241. The van der Waals surface area contributed by atoms with Crippen molar-refractivity contribution in [3.63, 3.8) is 0 Å². The van der Waals surface area contributed by atoms with Crippen LogP contribution in [-0.4, -0.2) is 34.3 Å². The predicted octanol–water partition coefficient (Wildman–Crippen LogP) is 3.68. The van der Waals surface area contributed by atoms with Gasteiger partial charge in [0, 0.05) is 24.5 Å². The van der Waals surface area contributed by atoms with E-state index in [2.05, 4.69) is 10.3 Å². The Morgan fingerprint density at radius 3 is 2.50 bits per heavy atom. The summed E-state index contributed by atoms with van der Waals surface area (Å²) in [6.07, 6.45) is 12.0. The lowest BCUT2D eigenvalue weighted by atomic mass is 9.49. The molecule has 5 aliphatic rings. The number of amides is 2. The van der Waals surface area contributed by atoms with Crippen molar-refractivity contribution >= 4 is 28.3 Å². The number of nitrogens with zero attached hydrogens (tertiary/aromatic N) is 2. The summed E-state index contributed by atoms with van der Waals surface area (Å²) in [7, 11) is 0. The lowest BCUT2D eigenvalue weighted by Crippen LogP contribution is -2.50. The van der Waals surface area contributed by atoms with Crippen LogP contribution in [0.2, 0.25) is 0 Å². The van der Waals surface area contributed by atoms with Gasteiger partial charge in [-0.15, -0.1) is 11.3 Å². The van der Waals surface area contributed by atoms with Gasteiger partial charge < -0.3 is 10.2 Å². The maximum Gasteiger partial charge on any atom is 0.248 e. The number of thiazole rings is 1. The molecular formula is C20H27N3O2S. The van der Waals surface area contributed by atoms with Crippen LogP contribution >= 0.6 is 11.3 Å². The molecule has 5 fully saturated rings. The first-order valence-corrected chi connectivity index (χ1v) is 11.0. The third-order valence-corrected chi connectivity index (χ3v) is 7.92. The lowest BCUT2D eigenvalue weighted by molar-refractivity contribution is -0.143. The molecule has 1 saturated heterocycles. The molecule has 1 aromatic rings. The van der Waals surface area contributed by atoms with Gasteiger partial charge in [-0.25, -0.2) is 4.98 Å². The van der Waals surface area contributed by atoms with Crippen molar-refractivity contribution in [3.8, 4) is 0 Å². The van der Waals surface area contributed by atoms with Crippen LogP contribution in [0.3, 0.4) is 0 Å². The third kappa shape index (κ3) is 2.96. The molecule has 1 N–H and O–H groups in total. The average Bonchev–Trinajstić information content (AvgIpc) is 3.24. The quantitative estimate of drug-likeness (QED) is 0.876. The summed E-state index contributed by atoms with van der Waals surface area (Å²) in [5.74, 6) is 2.71. The van der Waals surface area contributed by atoms with Crippen molar-refractivity contribution in [1.82, 2.24) is 9.88 Å². The number of hydrogen-bond donors (Lipinski definition) is 1. The Bertz CT molecular complexity index is 667. The van der Waals surface area contributed by atoms with Crippen molar-refractivity contribution in [2.24, 2.45) is 23.2 Å². The summed E-state index contributed by atoms with van der Waals surface area (Å²) in [5, 5.41) is 5.35. The van der Waals surface area contributed by atoms with Crippen LogP contribution in [0.5, 0.6) is 0 Å². The molecule has 26 heavy (non-hydrogen) atoms. The number of rotatable bonds is 4. The van der Waals surface area contributed by atoms with Gasteiger partial charge >= 0.3 is 0 Å². The van der Waals surface area contributed by atoms with E-state index in [1.54, 1.807) is 6.20 Å². The monoisotopic (exact) mass is 373 g/mol. The Kier molecular flexibility index (Phi) is 4.07. The number of likely N-dealkylation sites (tertiary alicyclic amines) is 1. The highest BCUT2D eigenvalue weighted by atomic mass is 32.1. The lowest BCUT2D eigenvalue weighted by Gasteiger charge is -2.57. The fourth-order valence-corrected chi connectivity index (χ4v) is 7.27. The molecule has 0 spiro atoms. The summed E-state index contributed by atoms with van der Waals surface area (Å²) >= 11 is 1.42. The standard InChI is InChI=1S/C20H27N3O2S/c24-17(12-20-9-13-6-14(10-20)8-15(7-13)11-20)23-4-1-2-16(23)18(25)22-19-21-3-5-26-19/h3,5,13-16H,1-2,4,6-12H2,(H,21,22,25)/t13?,14?,15?,16-,20?/m1/s1. The van der Waals surface area contributed by atoms with E-state index in [-0.39, 0.29) is 23.3 Å². The Labute approximate surface area is 158 Å². The topological polar surface area (TPSA) is 62.3 Å². The molecule has 1 aromatic heterocycles. The van der Waals surface area contributed by atoms with Gasteiger partial charge in [-0.2, -0.15) is 0 Å². The Balaban J connectivity index is 1.27. The van der Waals surface area contributed by atoms with Gasteiger partial charge in [0.1, 0.15) is 6.04 Å². The van der Waals surface area contributed by atoms with Crippen LogP contribution in [0, 0.1) is 23.2 Å². The first-order valence-electron chi connectivity index (χ1n) is 10.1. The van der Waals surface area contributed by atoms with Crippen LogP contribution < -0.4 is 5.32 Å². The maximum atomic E-state index is 13.2. The largest absolute Gasteiger partial charge is 0.331 e. The van der Waals surface area contributed by atoms with E-state index >= 15 is 0 Å². The van der Waals surface area contributed by atoms with E-state index in [0.717, 1.165) is 37.1 Å². The van der Waals surface area contributed by atoms with Crippen molar-refractivity contribution in [2.45, 2.75) is 63.8 Å². The molecule has 1 aliphatic heterocycles. The van der Waals surface area contributed by atoms with E-state index in [1.807, 2.05) is 10.3 Å². The number of anilines is 1. The van der Waals surface area contributed by atoms with Crippen molar-refractivity contribution in [2.75, 3.05) is 11.9 Å². The molecule has 2 heterocycles. The maximum absolute atomic E-state index is 13.2. The van der Waals surface area contributed by atoms with E-state index in [1.165, 1.54) is 49.9 Å². The molecule has 140 valence electrons. The van der Waals surface area contributed by atoms with Crippen molar-refractivity contribution in [1.29, 1.82) is 0 Å². The van der Waals surface area contributed by atoms with Crippen LogP contribution in [0.15, 0.2) is 11.6 Å². The highest BCUT2D eigenvalue weighted by Gasteiger charge is 2.52. The average molecular weight is 374 g/mol. The minimum absolute atomic E-state index is 0.0729. The summed E-state index contributed by atoms with van der Waals surface area (Å²) < 4.78 is 0. The molecule has 0 unspecified atom stereocenters. The number of carbonyl (C=O) groups is 2. The smallest absolute Gasteiger partial charge is 0.248 e. The molecule has 4 saturated carbocycles. The van der Waals surface area contributed by atoms with Gasteiger partial charge in [0.15, 0.2) is 5.13 Å². The third-order valence-electron chi connectivity index (χ3n) is 7.23. The Hall–Kier alpha value is -1.43. The van der Waals surface area contributed by atoms with E-state index < -0.39 is 0 Å².